The van der Waals surface area contributed by atoms with E-state index >= 15 is 0 Å². The molecule has 2 aromatic rings. The number of thiazole rings is 1. The second kappa shape index (κ2) is 2.17. The summed E-state index contributed by atoms with van der Waals surface area (Å²) in [5.74, 6) is 0.0518. The molecule has 0 amide bonds. The number of hydrogen-bond acceptors (Lipinski definition) is 3. The summed E-state index contributed by atoms with van der Waals surface area (Å²) in [4.78, 5) is 15.9. The largest absolute Gasteiger partial charge is 0.293 e. The molecule has 0 aliphatic heterocycles. The summed E-state index contributed by atoms with van der Waals surface area (Å²) in [6.07, 6.45) is 3.46. The number of fused-ring (bicyclic) bond motifs is 1. The van der Waals surface area contributed by atoms with Gasteiger partial charge >= 0.3 is 0 Å². The summed E-state index contributed by atoms with van der Waals surface area (Å²) in [5, 5.41) is 1.91. The van der Waals surface area contributed by atoms with E-state index in [0.29, 0.717) is 5.69 Å². The molecule has 0 saturated heterocycles. The van der Waals surface area contributed by atoms with Crippen LogP contribution in [0.3, 0.4) is 0 Å². The zero-order valence-electron chi connectivity index (χ0n) is 5.94. The number of carbonyl (C=O) groups is 1. The molecule has 2 aromatic heterocycles. The first kappa shape index (κ1) is 6.54. The predicted octanol–water partition coefficient (Wildman–Crippen LogP) is 1.60. The van der Waals surface area contributed by atoms with E-state index in [1.54, 1.807) is 17.5 Å². The van der Waals surface area contributed by atoms with Crippen molar-refractivity contribution in [3.05, 3.63) is 23.5 Å². The quantitative estimate of drug-likeness (QED) is 0.603. The van der Waals surface area contributed by atoms with Crippen molar-refractivity contribution in [1.82, 2.24) is 9.38 Å². The monoisotopic (exact) mass is 166 g/mol. The summed E-state index contributed by atoms with van der Waals surface area (Å²) in [6.45, 7) is 1.54. The van der Waals surface area contributed by atoms with Crippen LogP contribution in [0, 0.1) is 0 Å². The first-order chi connectivity index (χ1) is 5.29. The van der Waals surface area contributed by atoms with Crippen LogP contribution in [-0.2, 0) is 0 Å². The number of carbonyl (C=O) groups excluding carboxylic acids is 1. The predicted molar refractivity (Wildman–Crippen MR) is 43.1 cm³/mol. The van der Waals surface area contributed by atoms with Crippen LogP contribution in [-0.4, -0.2) is 15.2 Å². The Morgan fingerprint density at radius 2 is 2.55 bits per heavy atom. The molecular weight excluding hydrogens is 160 g/mol. The van der Waals surface area contributed by atoms with Crippen molar-refractivity contribution in [2.75, 3.05) is 0 Å². The molecule has 0 aliphatic rings. The van der Waals surface area contributed by atoms with Crippen LogP contribution < -0.4 is 0 Å². The van der Waals surface area contributed by atoms with Gasteiger partial charge in [-0.2, -0.15) is 0 Å². The summed E-state index contributed by atoms with van der Waals surface area (Å²) < 4.78 is 1.80. The van der Waals surface area contributed by atoms with E-state index in [0.717, 1.165) is 4.96 Å². The van der Waals surface area contributed by atoms with Gasteiger partial charge in [0, 0.05) is 18.5 Å². The maximum absolute atomic E-state index is 11.0. The number of nitrogens with zero attached hydrogens (tertiary/aromatic N) is 2. The molecule has 3 nitrogen and oxygen atoms in total. The van der Waals surface area contributed by atoms with Crippen LogP contribution in [0.15, 0.2) is 17.8 Å². The summed E-state index contributed by atoms with van der Waals surface area (Å²) in [5.41, 5.74) is 0.654. The topological polar surface area (TPSA) is 34.4 Å². The van der Waals surface area contributed by atoms with E-state index in [4.69, 9.17) is 0 Å². The Morgan fingerprint density at radius 1 is 1.73 bits per heavy atom. The first-order valence-corrected chi connectivity index (χ1v) is 4.08. The molecule has 4 heteroatoms. The lowest BCUT2D eigenvalue weighted by atomic mass is 10.3. The van der Waals surface area contributed by atoms with E-state index in [1.165, 1.54) is 11.3 Å². The molecule has 0 aromatic carbocycles. The average Bonchev–Trinajstić information content (AvgIpc) is 2.41. The second-order valence-corrected chi connectivity index (χ2v) is 3.13. The van der Waals surface area contributed by atoms with Gasteiger partial charge in [0.25, 0.3) is 0 Å². The Hall–Kier alpha value is -1.16. The van der Waals surface area contributed by atoms with Crippen molar-refractivity contribution in [2.45, 2.75) is 6.92 Å². The summed E-state index contributed by atoms with van der Waals surface area (Å²) in [6, 6.07) is 0. The maximum Gasteiger partial charge on any atom is 0.194 e. The maximum atomic E-state index is 11.0. The van der Waals surface area contributed by atoms with Crippen LogP contribution >= 0.6 is 11.3 Å². The third-order valence-electron chi connectivity index (χ3n) is 1.51. The molecule has 56 valence electrons. The molecule has 11 heavy (non-hydrogen) atoms. The van der Waals surface area contributed by atoms with E-state index in [-0.39, 0.29) is 5.78 Å². The first-order valence-electron chi connectivity index (χ1n) is 3.20. The number of ketones is 1. The minimum Gasteiger partial charge on any atom is -0.293 e. The van der Waals surface area contributed by atoms with Crippen molar-refractivity contribution in [3.63, 3.8) is 0 Å². The lowest BCUT2D eigenvalue weighted by molar-refractivity contribution is 0.101. The van der Waals surface area contributed by atoms with Crippen LogP contribution in [0.1, 0.15) is 17.4 Å². The Bertz CT molecular complexity index is 401. The van der Waals surface area contributed by atoms with Crippen molar-refractivity contribution in [3.8, 4) is 0 Å². The van der Waals surface area contributed by atoms with Crippen LogP contribution in [0.25, 0.3) is 4.96 Å². The number of Topliss-reactive ketones (excluding diaryl/α,β-unsaturated/α-hetero) is 1. The van der Waals surface area contributed by atoms with Gasteiger partial charge in [-0.15, -0.1) is 11.3 Å². The van der Waals surface area contributed by atoms with Crippen molar-refractivity contribution in [1.29, 1.82) is 0 Å². The van der Waals surface area contributed by atoms with Crippen LogP contribution in [0.5, 0.6) is 0 Å². The fourth-order valence-electron chi connectivity index (χ4n) is 0.988. The molecule has 2 rings (SSSR count). The van der Waals surface area contributed by atoms with Crippen LogP contribution in [0.2, 0.25) is 0 Å². The van der Waals surface area contributed by atoms with Gasteiger partial charge in [0.15, 0.2) is 10.7 Å². The second-order valence-electron chi connectivity index (χ2n) is 2.26. The van der Waals surface area contributed by atoms with E-state index in [9.17, 15) is 4.79 Å². The smallest absolute Gasteiger partial charge is 0.194 e. The van der Waals surface area contributed by atoms with Gasteiger partial charge in [-0.3, -0.25) is 9.20 Å². The molecule has 2 heterocycles. The van der Waals surface area contributed by atoms with Gasteiger partial charge in [0.2, 0.25) is 0 Å². The van der Waals surface area contributed by atoms with E-state index < -0.39 is 0 Å². The third-order valence-corrected chi connectivity index (χ3v) is 2.28. The lowest BCUT2D eigenvalue weighted by Gasteiger charge is -1.88. The Balaban J connectivity index is 2.78. The van der Waals surface area contributed by atoms with E-state index in [2.05, 4.69) is 4.98 Å². The Kier molecular flexibility index (Phi) is 1.29. The highest BCUT2D eigenvalue weighted by atomic mass is 32.1. The molecule has 0 unspecified atom stereocenters. The lowest BCUT2D eigenvalue weighted by Crippen LogP contribution is -1.95. The zero-order chi connectivity index (χ0) is 7.84. The normalized spacial score (nSPS) is 10.6. The number of aromatic nitrogens is 2. The fourth-order valence-corrected chi connectivity index (χ4v) is 1.68. The van der Waals surface area contributed by atoms with Gasteiger partial charge in [-0.05, 0) is 0 Å². The number of rotatable bonds is 1. The van der Waals surface area contributed by atoms with Gasteiger partial charge in [-0.1, -0.05) is 0 Å². The van der Waals surface area contributed by atoms with Gasteiger partial charge in [-0.25, -0.2) is 4.98 Å². The third kappa shape index (κ3) is 0.867. The minimum atomic E-state index is 0.0518. The standard InChI is InChI=1S/C7H6N2OS/c1-5(10)6-4-8-7-9(6)2-3-11-7/h2-4H,1H3. The molecular formula is C7H6N2OS. The Morgan fingerprint density at radius 3 is 3.27 bits per heavy atom. The highest BCUT2D eigenvalue weighted by Crippen LogP contribution is 2.12. The number of hydrogen-bond donors (Lipinski definition) is 0. The molecule has 0 spiro atoms. The van der Waals surface area contributed by atoms with Gasteiger partial charge in [0.05, 0.1) is 6.20 Å². The van der Waals surface area contributed by atoms with Gasteiger partial charge < -0.3 is 0 Å². The zero-order valence-corrected chi connectivity index (χ0v) is 6.76. The molecule has 0 bridgehead atoms. The van der Waals surface area contributed by atoms with Crippen LogP contribution in [0.4, 0.5) is 0 Å². The number of imidazole rings is 1. The minimum absolute atomic E-state index is 0.0518. The summed E-state index contributed by atoms with van der Waals surface area (Å²) >= 11 is 1.53. The van der Waals surface area contributed by atoms with Crippen molar-refractivity contribution < 1.29 is 4.79 Å². The average molecular weight is 166 g/mol. The molecule has 0 radical (unpaired) electrons. The SMILES string of the molecule is CC(=O)c1cnc2sccn12. The molecule has 0 fully saturated rings. The molecule has 0 atom stereocenters. The van der Waals surface area contributed by atoms with Gasteiger partial charge in [0.1, 0.15) is 5.69 Å². The van der Waals surface area contributed by atoms with Crippen molar-refractivity contribution in [2.24, 2.45) is 0 Å². The molecule has 0 N–H and O–H groups in total. The summed E-state index contributed by atoms with van der Waals surface area (Å²) in [7, 11) is 0. The fraction of sp³-hybridized carbons (Fsp3) is 0.143. The highest BCUT2D eigenvalue weighted by molar-refractivity contribution is 7.15. The molecule has 0 aliphatic carbocycles. The Labute approximate surface area is 67.3 Å². The van der Waals surface area contributed by atoms with E-state index in [1.807, 2.05) is 11.6 Å². The molecule has 0 saturated carbocycles. The highest BCUT2D eigenvalue weighted by Gasteiger charge is 2.06. The van der Waals surface area contributed by atoms with Crippen molar-refractivity contribution >= 4 is 22.1 Å².